The highest BCUT2D eigenvalue weighted by Gasteiger charge is 2.44. The highest BCUT2D eigenvalue weighted by Crippen LogP contribution is 2.46. The van der Waals surface area contributed by atoms with Crippen LogP contribution in [-0.2, 0) is 9.59 Å². The maximum absolute atomic E-state index is 12.0. The molecular weight excluding hydrogens is 292 g/mol. The molecule has 0 aromatic heterocycles. The fraction of sp³-hybridized carbons (Fsp3) is 0.895. The molecule has 0 saturated carbocycles. The Bertz CT molecular complexity index is 420. The average molecular weight is 328 g/mol. The van der Waals surface area contributed by atoms with Gasteiger partial charge in [-0.3, -0.25) is 9.59 Å². The van der Waals surface area contributed by atoms with Crippen molar-refractivity contribution >= 4 is 11.9 Å². The van der Waals surface area contributed by atoms with Gasteiger partial charge in [-0.05, 0) is 48.9 Å². The van der Waals surface area contributed by atoms with Crippen molar-refractivity contribution in [1.82, 2.24) is 0 Å². The molecule has 0 aromatic rings. The monoisotopic (exact) mass is 328 g/mol. The molecule has 0 radical (unpaired) electrons. The maximum atomic E-state index is 12.0. The summed E-state index contributed by atoms with van der Waals surface area (Å²) in [5.41, 5.74) is -0.940. The van der Waals surface area contributed by atoms with E-state index in [1.807, 2.05) is 20.8 Å². The molecule has 4 heteroatoms. The minimum absolute atomic E-state index is 0.0402. The molecule has 23 heavy (non-hydrogen) atoms. The summed E-state index contributed by atoms with van der Waals surface area (Å²) in [5, 5.41) is 18.8. The molecule has 3 atom stereocenters. The number of carbonyl (C=O) groups is 2. The van der Waals surface area contributed by atoms with Gasteiger partial charge in [0.1, 0.15) is 0 Å². The molecule has 0 fully saturated rings. The highest BCUT2D eigenvalue weighted by atomic mass is 16.4. The third-order valence-corrected chi connectivity index (χ3v) is 4.76. The predicted octanol–water partition coefficient (Wildman–Crippen LogP) is 5.07. The second-order valence-electron chi connectivity index (χ2n) is 9.64. The molecular formula is C19H36O4. The topological polar surface area (TPSA) is 74.6 Å². The highest BCUT2D eigenvalue weighted by molar-refractivity contribution is 5.74. The van der Waals surface area contributed by atoms with Gasteiger partial charge in [-0.1, -0.05) is 48.5 Å². The van der Waals surface area contributed by atoms with E-state index in [2.05, 4.69) is 34.6 Å². The second kappa shape index (κ2) is 7.67. The lowest BCUT2D eigenvalue weighted by Gasteiger charge is -2.41. The van der Waals surface area contributed by atoms with Gasteiger partial charge in [0.2, 0.25) is 0 Å². The molecule has 3 unspecified atom stereocenters. The predicted molar refractivity (Wildman–Crippen MR) is 93.4 cm³/mol. The van der Waals surface area contributed by atoms with Crippen molar-refractivity contribution in [3.8, 4) is 0 Å². The lowest BCUT2D eigenvalue weighted by atomic mass is 9.62. The molecule has 0 aromatic carbocycles. The van der Waals surface area contributed by atoms with Gasteiger partial charge in [0.05, 0.1) is 5.41 Å². The zero-order valence-electron chi connectivity index (χ0n) is 16.2. The maximum Gasteiger partial charge on any atom is 0.309 e. The summed E-state index contributed by atoms with van der Waals surface area (Å²) in [7, 11) is 0. The van der Waals surface area contributed by atoms with E-state index < -0.39 is 17.4 Å². The van der Waals surface area contributed by atoms with E-state index in [0.717, 1.165) is 6.42 Å². The molecule has 0 saturated heterocycles. The van der Waals surface area contributed by atoms with E-state index in [0.29, 0.717) is 12.8 Å². The number of aliphatic carboxylic acids is 2. The lowest BCUT2D eigenvalue weighted by molar-refractivity contribution is -0.154. The number of carboxylic acids is 2. The zero-order chi connectivity index (χ0) is 18.6. The first-order chi connectivity index (χ1) is 10.1. The first-order valence-corrected chi connectivity index (χ1v) is 8.54. The van der Waals surface area contributed by atoms with Crippen LogP contribution in [-0.4, -0.2) is 22.2 Å². The van der Waals surface area contributed by atoms with Crippen LogP contribution in [0.15, 0.2) is 0 Å². The first kappa shape index (κ1) is 21.9. The molecule has 0 aliphatic carbocycles. The van der Waals surface area contributed by atoms with Crippen LogP contribution in [0.4, 0.5) is 0 Å². The normalized spacial score (nSPS) is 18.1. The van der Waals surface area contributed by atoms with Gasteiger partial charge in [-0.2, -0.15) is 0 Å². The minimum Gasteiger partial charge on any atom is -0.481 e. The molecule has 0 heterocycles. The molecule has 4 nitrogen and oxygen atoms in total. The largest absolute Gasteiger partial charge is 0.481 e. The molecule has 136 valence electrons. The van der Waals surface area contributed by atoms with E-state index in [1.165, 1.54) is 0 Å². The summed E-state index contributed by atoms with van der Waals surface area (Å²) in [6.07, 6.45) is 2.24. The van der Waals surface area contributed by atoms with Gasteiger partial charge >= 0.3 is 11.9 Å². The van der Waals surface area contributed by atoms with Gasteiger partial charge in [0, 0.05) is 6.42 Å². The van der Waals surface area contributed by atoms with Gasteiger partial charge in [0.15, 0.2) is 0 Å². The minimum atomic E-state index is -0.806. The van der Waals surface area contributed by atoms with Crippen molar-refractivity contribution in [3.63, 3.8) is 0 Å². The zero-order valence-corrected chi connectivity index (χ0v) is 16.2. The lowest BCUT2D eigenvalue weighted by Crippen LogP contribution is -2.40. The summed E-state index contributed by atoms with van der Waals surface area (Å²) < 4.78 is 0. The third kappa shape index (κ3) is 7.85. The summed E-state index contributed by atoms with van der Waals surface area (Å²) in [5.74, 6) is -1.46. The van der Waals surface area contributed by atoms with Crippen molar-refractivity contribution in [2.24, 2.45) is 28.1 Å². The van der Waals surface area contributed by atoms with Crippen molar-refractivity contribution in [2.75, 3.05) is 0 Å². The smallest absolute Gasteiger partial charge is 0.309 e. The Morgan fingerprint density at radius 2 is 1.39 bits per heavy atom. The van der Waals surface area contributed by atoms with E-state index in [9.17, 15) is 14.7 Å². The summed E-state index contributed by atoms with van der Waals surface area (Å²) in [6.45, 7) is 16.3. The Balaban J connectivity index is 5.17. The van der Waals surface area contributed by atoms with Crippen LogP contribution in [0.3, 0.4) is 0 Å². The number of hydrogen-bond donors (Lipinski definition) is 2. The van der Waals surface area contributed by atoms with Gasteiger partial charge in [-0.15, -0.1) is 0 Å². The summed E-state index contributed by atoms with van der Waals surface area (Å²) in [6, 6.07) is 0. The molecule has 0 spiro atoms. The van der Waals surface area contributed by atoms with E-state index in [4.69, 9.17) is 5.11 Å². The number of hydrogen-bond acceptors (Lipinski definition) is 2. The Morgan fingerprint density at radius 3 is 1.74 bits per heavy atom. The van der Waals surface area contributed by atoms with Crippen molar-refractivity contribution < 1.29 is 19.8 Å². The molecule has 0 aliphatic rings. The molecule has 0 bridgehead atoms. The molecule has 0 rings (SSSR count). The Morgan fingerprint density at radius 1 is 0.913 bits per heavy atom. The summed E-state index contributed by atoms with van der Waals surface area (Å²) in [4.78, 5) is 22.9. The van der Waals surface area contributed by atoms with Gasteiger partial charge in [0.25, 0.3) is 0 Å². The van der Waals surface area contributed by atoms with Gasteiger partial charge < -0.3 is 10.2 Å². The molecule has 0 aliphatic heterocycles. The quantitative estimate of drug-likeness (QED) is 0.620. The van der Waals surface area contributed by atoms with Crippen LogP contribution in [0.5, 0.6) is 0 Å². The Hall–Kier alpha value is -1.06. The Kier molecular flexibility index (Phi) is 7.32. The average Bonchev–Trinajstić information content (AvgIpc) is 2.22. The molecule has 2 N–H and O–H groups in total. The van der Waals surface area contributed by atoms with Crippen molar-refractivity contribution in [2.45, 2.75) is 81.1 Å². The standard InChI is InChI=1S/C19H36O4/c1-13(9-15(20)21)10-18(6,7)12-19(8,16(22)23)14(2)11-17(3,4)5/h13-14H,9-12H2,1-8H3,(H,20,21)(H,22,23). The van der Waals surface area contributed by atoms with E-state index in [1.54, 1.807) is 0 Å². The van der Waals surface area contributed by atoms with Crippen LogP contribution in [0.1, 0.15) is 81.1 Å². The summed E-state index contributed by atoms with van der Waals surface area (Å²) >= 11 is 0. The van der Waals surface area contributed by atoms with Crippen molar-refractivity contribution in [3.05, 3.63) is 0 Å². The van der Waals surface area contributed by atoms with Crippen LogP contribution in [0, 0.1) is 28.1 Å². The first-order valence-electron chi connectivity index (χ1n) is 8.54. The van der Waals surface area contributed by atoms with Crippen LogP contribution in [0.25, 0.3) is 0 Å². The van der Waals surface area contributed by atoms with E-state index in [-0.39, 0.29) is 29.1 Å². The fourth-order valence-corrected chi connectivity index (χ4v) is 3.98. The number of rotatable bonds is 9. The second-order valence-corrected chi connectivity index (χ2v) is 9.64. The van der Waals surface area contributed by atoms with Crippen LogP contribution < -0.4 is 0 Å². The van der Waals surface area contributed by atoms with E-state index >= 15 is 0 Å². The van der Waals surface area contributed by atoms with Crippen molar-refractivity contribution in [1.29, 1.82) is 0 Å². The third-order valence-electron chi connectivity index (χ3n) is 4.76. The van der Waals surface area contributed by atoms with Crippen LogP contribution >= 0.6 is 0 Å². The Labute approximate surface area is 141 Å². The number of carboxylic acid groups (broad SMARTS) is 2. The molecule has 0 amide bonds. The fourth-order valence-electron chi connectivity index (χ4n) is 3.98. The van der Waals surface area contributed by atoms with Crippen LogP contribution in [0.2, 0.25) is 0 Å². The van der Waals surface area contributed by atoms with Gasteiger partial charge in [-0.25, -0.2) is 0 Å². The SMILES string of the molecule is CC(CC(=O)O)CC(C)(C)CC(C)(C(=O)O)C(C)CC(C)(C)C.